The largest absolute Gasteiger partial charge is 0.497 e. The second kappa shape index (κ2) is 10.6. The molecule has 1 amide bonds. The molecule has 1 saturated heterocycles. The monoisotopic (exact) mass is 542 g/mol. The van der Waals surface area contributed by atoms with Crippen molar-refractivity contribution in [1.29, 1.82) is 0 Å². The van der Waals surface area contributed by atoms with E-state index in [9.17, 15) is 18.0 Å². The van der Waals surface area contributed by atoms with Gasteiger partial charge in [-0.05, 0) is 48.0 Å². The van der Waals surface area contributed by atoms with E-state index in [2.05, 4.69) is 9.88 Å². The van der Waals surface area contributed by atoms with Crippen LogP contribution < -0.4 is 9.64 Å². The zero-order valence-corrected chi connectivity index (χ0v) is 21.4. The molecule has 0 aliphatic carbocycles. The number of carbonyl (C=O) groups excluding carboxylic acids is 1. The third-order valence-corrected chi connectivity index (χ3v) is 7.14. The number of nitrogens with zero attached hydrogens (tertiary/aromatic N) is 4. The minimum atomic E-state index is -4.49. The molecule has 38 heavy (non-hydrogen) atoms. The van der Waals surface area contributed by atoms with Crippen molar-refractivity contribution < 1.29 is 22.7 Å². The van der Waals surface area contributed by atoms with Crippen molar-refractivity contribution in [3.8, 4) is 5.75 Å². The maximum absolute atomic E-state index is 13.5. The molecule has 5 rings (SSSR count). The Morgan fingerprint density at radius 2 is 1.79 bits per heavy atom. The van der Waals surface area contributed by atoms with Crippen LogP contribution in [0.1, 0.15) is 29.2 Å². The first-order chi connectivity index (χ1) is 18.2. The Bertz CT molecular complexity index is 1430. The summed E-state index contributed by atoms with van der Waals surface area (Å²) in [5.74, 6) is 0.00790. The number of piperazine rings is 1. The highest BCUT2D eigenvalue weighted by Gasteiger charge is 2.33. The Hall–Kier alpha value is -3.72. The molecule has 1 aliphatic rings. The van der Waals surface area contributed by atoms with Crippen molar-refractivity contribution in [1.82, 2.24) is 14.3 Å². The topological polar surface area (TPSA) is 50.1 Å². The van der Waals surface area contributed by atoms with Gasteiger partial charge in [-0.3, -0.25) is 4.79 Å². The van der Waals surface area contributed by atoms with E-state index in [0.717, 1.165) is 23.6 Å². The number of ether oxygens (including phenoxy) is 1. The summed E-state index contributed by atoms with van der Waals surface area (Å²) in [6.07, 6.45) is -1.22. The fraction of sp³-hybridized carbons (Fsp3) is 0.286. The lowest BCUT2D eigenvalue weighted by molar-refractivity contribution is -0.137. The lowest BCUT2D eigenvalue weighted by Gasteiger charge is -2.36. The molecular weight excluding hydrogens is 517 g/mol. The van der Waals surface area contributed by atoms with Gasteiger partial charge < -0.3 is 18.9 Å². The molecule has 1 fully saturated rings. The first kappa shape index (κ1) is 25.9. The number of anilines is 1. The lowest BCUT2D eigenvalue weighted by Crippen LogP contribution is -2.49. The van der Waals surface area contributed by atoms with Crippen LogP contribution in [0.5, 0.6) is 5.75 Å². The van der Waals surface area contributed by atoms with E-state index < -0.39 is 17.7 Å². The smallest absolute Gasteiger partial charge is 0.416 e. The number of rotatable bonds is 6. The van der Waals surface area contributed by atoms with E-state index in [4.69, 9.17) is 16.3 Å². The van der Waals surface area contributed by atoms with E-state index in [1.54, 1.807) is 47.0 Å². The number of carbonyl (C=O) groups is 1. The predicted molar refractivity (Wildman–Crippen MR) is 140 cm³/mol. The van der Waals surface area contributed by atoms with Crippen LogP contribution >= 0.6 is 11.6 Å². The Morgan fingerprint density at radius 1 is 1.05 bits per heavy atom. The molecule has 3 heterocycles. The Kier molecular flexibility index (Phi) is 7.21. The molecule has 6 nitrogen and oxygen atoms in total. The zero-order chi connectivity index (χ0) is 26.9. The van der Waals surface area contributed by atoms with Crippen molar-refractivity contribution in [2.45, 2.75) is 18.5 Å². The van der Waals surface area contributed by atoms with Crippen LogP contribution in [-0.4, -0.2) is 53.5 Å². The van der Waals surface area contributed by atoms with E-state index in [-0.39, 0.29) is 12.3 Å². The highest BCUT2D eigenvalue weighted by atomic mass is 35.5. The van der Waals surface area contributed by atoms with Gasteiger partial charge in [-0.1, -0.05) is 29.8 Å². The van der Waals surface area contributed by atoms with Gasteiger partial charge in [0.2, 0.25) is 5.91 Å². The third-order valence-electron chi connectivity index (χ3n) is 6.92. The number of methoxy groups -OCH3 is 1. The van der Waals surface area contributed by atoms with Gasteiger partial charge in [0.05, 0.1) is 23.4 Å². The number of hydrogen-bond donors (Lipinski definition) is 0. The summed E-state index contributed by atoms with van der Waals surface area (Å²) in [6.45, 7) is 2.33. The molecule has 0 spiro atoms. The summed E-state index contributed by atoms with van der Waals surface area (Å²) in [6, 6.07) is 16.3. The summed E-state index contributed by atoms with van der Waals surface area (Å²) in [7, 11) is 1.62. The van der Waals surface area contributed by atoms with Gasteiger partial charge in [-0.15, -0.1) is 0 Å². The SMILES string of the molecule is COc1ccc(N2CCN(C(=O)CC(c3cccc(C(F)(F)F)c3)c3cnc4ccc(Cl)cn34)CC2)cc1. The maximum atomic E-state index is 13.5. The van der Waals surface area contributed by atoms with E-state index in [1.165, 1.54) is 6.07 Å². The van der Waals surface area contributed by atoms with Gasteiger partial charge in [-0.2, -0.15) is 13.2 Å². The molecule has 0 bridgehead atoms. The van der Waals surface area contributed by atoms with Crippen LogP contribution in [-0.2, 0) is 11.0 Å². The van der Waals surface area contributed by atoms with Crippen molar-refractivity contribution >= 4 is 28.8 Å². The summed E-state index contributed by atoms with van der Waals surface area (Å²) in [5, 5.41) is 0.459. The normalized spacial score (nSPS) is 15.1. The molecule has 1 unspecified atom stereocenters. The number of alkyl halides is 3. The van der Waals surface area contributed by atoms with E-state index in [1.807, 2.05) is 24.3 Å². The fourth-order valence-electron chi connectivity index (χ4n) is 4.87. The first-order valence-corrected chi connectivity index (χ1v) is 12.6. The molecule has 0 radical (unpaired) electrons. The molecule has 4 aromatic rings. The number of imidazole rings is 1. The summed E-state index contributed by atoms with van der Waals surface area (Å²) >= 11 is 6.21. The van der Waals surface area contributed by atoms with E-state index in [0.29, 0.717) is 48.1 Å². The molecule has 2 aromatic heterocycles. The van der Waals surface area contributed by atoms with Crippen molar-refractivity contribution in [3.63, 3.8) is 0 Å². The molecule has 0 saturated carbocycles. The van der Waals surface area contributed by atoms with Crippen LogP contribution in [0, 0.1) is 0 Å². The van der Waals surface area contributed by atoms with Gasteiger partial charge in [-0.25, -0.2) is 4.98 Å². The average molecular weight is 543 g/mol. The number of aromatic nitrogens is 2. The molecule has 10 heteroatoms. The van der Waals surface area contributed by atoms with Gasteiger partial charge in [0.25, 0.3) is 0 Å². The number of fused-ring (bicyclic) bond motifs is 1. The number of hydrogen-bond acceptors (Lipinski definition) is 4. The Labute approximate surface area is 223 Å². The number of halogens is 4. The second-order valence-corrected chi connectivity index (χ2v) is 9.64. The summed E-state index contributed by atoms with van der Waals surface area (Å²) in [4.78, 5) is 21.9. The standard InChI is InChI=1S/C28H26ClF3N4O2/c1-38-23-8-6-22(7-9-23)34-11-13-35(14-12-34)27(37)16-24(19-3-2-4-20(15-19)28(30,31)32)25-17-33-26-10-5-21(29)18-36(25)26/h2-10,15,17-18,24H,11-14,16H2,1H3. The van der Waals surface area contributed by atoms with Gasteiger partial charge in [0, 0.05) is 56.6 Å². The van der Waals surface area contributed by atoms with Crippen molar-refractivity contribution in [2.24, 2.45) is 0 Å². The Morgan fingerprint density at radius 3 is 2.47 bits per heavy atom. The number of amides is 1. The van der Waals surface area contributed by atoms with Gasteiger partial charge in [0.1, 0.15) is 11.4 Å². The van der Waals surface area contributed by atoms with Crippen molar-refractivity contribution in [3.05, 3.63) is 94.9 Å². The zero-order valence-electron chi connectivity index (χ0n) is 20.7. The average Bonchev–Trinajstić information content (AvgIpc) is 3.34. The van der Waals surface area contributed by atoms with Crippen LogP contribution in [0.3, 0.4) is 0 Å². The maximum Gasteiger partial charge on any atom is 0.416 e. The van der Waals surface area contributed by atoms with Gasteiger partial charge in [0.15, 0.2) is 0 Å². The van der Waals surface area contributed by atoms with Crippen molar-refractivity contribution in [2.75, 3.05) is 38.2 Å². The second-order valence-electron chi connectivity index (χ2n) is 9.20. The number of pyridine rings is 1. The molecule has 2 aromatic carbocycles. The Balaban J connectivity index is 1.39. The molecule has 0 N–H and O–H groups in total. The minimum Gasteiger partial charge on any atom is -0.497 e. The predicted octanol–water partition coefficient (Wildman–Crippen LogP) is 5.89. The van der Waals surface area contributed by atoms with Crippen LogP contribution in [0.15, 0.2) is 73.1 Å². The van der Waals surface area contributed by atoms with E-state index >= 15 is 0 Å². The highest BCUT2D eigenvalue weighted by Crippen LogP contribution is 2.35. The fourth-order valence-corrected chi connectivity index (χ4v) is 5.03. The van der Waals surface area contributed by atoms with Crippen LogP contribution in [0.4, 0.5) is 18.9 Å². The number of benzene rings is 2. The van der Waals surface area contributed by atoms with Crippen LogP contribution in [0.25, 0.3) is 5.65 Å². The summed E-state index contributed by atoms with van der Waals surface area (Å²) in [5.41, 5.74) is 1.88. The molecule has 1 atom stereocenters. The molecule has 1 aliphatic heterocycles. The molecule has 198 valence electrons. The highest BCUT2D eigenvalue weighted by molar-refractivity contribution is 6.30. The van der Waals surface area contributed by atoms with Crippen LogP contribution in [0.2, 0.25) is 5.02 Å². The third kappa shape index (κ3) is 5.43. The quantitative estimate of drug-likeness (QED) is 0.305. The lowest BCUT2D eigenvalue weighted by atomic mass is 9.90. The first-order valence-electron chi connectivity index (χ1n) is 12.2. The molecular formula is C28H26ClF3N4O2. The minimum absolute atomic E-state index is 0.00412. The summed E-state index contributed by atoms with van der Waals surface area (Å²) < 4.78 is 47.5. The van der Waals surface area contributed by atoms with Gasteiger partial charge >= 0.3 is 6.18 Å².